The number of rotatable bonds is 3. The standard InChI is InChI=1S/C21H20NO5.ClH/c1-23-19-7-13-10-22-5-4-12-6-17-18(27-11-26-17)9-14(12)16(22)8-15(13)20(24-2)21(19)25-3;/h6-10H,4-5,11H2,1-3H3;1H/q+1;/p-1. The summed E-state index contributed by atoms with van der Waals surface area (Å²) in [5.41, 5.74) is 3.54. The van der Waals surface area contributed by atoms with Crippen LogP contribution in [0.5, 0.6) is 28.7 Å². The Balaban J connectivity index is 0.00000192. The van der Waals surface area contributed by atoms with Gasteiger partial charge in [-0.15, -0.1) is 0 Å². The van der Waals surface area contributed by atoms with Gasteiger partial charge in [-0.1, -0.05) is 0 Å². The molecular formula is C21H20ClNO5. The molecule has 5 rings (SSSR count). The average molecular weight is 402 g/mol. The van der Waals surface area contributed by atoms with Crippen LogP contribution >= 0.6 is 0 Å². The molecule has 2 aromatic carbocycles. The van der Waals surface area contributed by atoms with Crippen molar-refractivity contribution < 1.29 is 40.7 Å². The predicted octanol–water partition coefficient (Wildman–Crippen LogP) is 0.109. The molecule has 3 aromatic rings. The third-order valence-corrected chi connectivity index (χ3v) is 5.28. The van der Waals surface area contributed by atoms with Crippen LogP contribution in [-0.4, -0.2) is 28.1 Å². The van der Waals surface area contributed by atoms with Crippen molar-refractivity contribution >= 4 is 10.8 Å². The van der Waals surface area contributed by atoms with Crippen LogP contribution in [0.25, 0.3) is 22.0 Å². The minimum absolute atomic E-state index is 0. The molecule has 0 N–H and O–H groups in total. The van der Waals surface area contributed by atoms with E-state index in [1.54, 1.807) is 21.3 Å². The second-order valence-electron chi connectivity index (χ2n) is 6.61. The molecule has 3 heterocycles. The summed E-state index contributed by atoms with van der Waals surface area (Å²) in [5, 5.41) is 2.02. The van der Waals surface area contributed by atoms with Crippen LogP contribution in [0.1, 0.15) is 5.56 Å². The fraction of sp³-hybridized carbons (Fsp3) is 0.286. The van der Waals surface area contributed by atoms with Crippen molar-refractivity contribution in [3.63, 3.8) is 0 Å². The molecule has 7 heteroatoms. The Bertz CT molecular complexity index is 1080. The van der Waals surface area contributed by atoms with E-state index in [9.17, 15) is 0 Å². The maximum atomic E-state index is 5.69. The molecule has 0 radical (unpaired) electrons. The lowest BCUT2D eigenvalue weighted by molar-refractivity contribution is -0.686. The number of hydrogen-bond donors (Lipinski definition) is 0. The molecule has 0 atom stereocenters. The minimum Gasteiger partial charge on any atom is -1.00 e. The lowest BCUT2D eigenvalue weighted by atomic mass is 9.95. The zero-order chi connectivity index (χ0) is 18.5. The van der Waals surface area contributed by atoms with E-state index in [1.165, 1.54) is 5.56 Å². The van der Waals surface area contributed by atoms with Crippen molar-refractivity contribution in [1.82, 2.24) is 0 Å². The van der Waals surface area contributed by atoms with Gasteiger partial charge >= 0.3 is 0 Å². The molecule has 28 heavy (non-hydrogen) atoms. The van der Waals surface area contributed by atoms with Crippen molar-refractivity contribution in [2.24, 2.45) is 0 Å². The van der Waals surface area contributed by atoms with Crippen LogP contribution in [0.4, 0.5) is 0 Å². The Morgan fingerprint density at radius 2 is 1.64 bits per heavy atom. The summed E-state index contributed by atoms with van der Waals surface area (Å²) in [6, 6.07) is 8.30. The largest absolute Gasteiger partial charge is 1.00 e. The molecule has 2 aliphatic heterocycles. The Morgan fingerprint density at radius 3 is 2.36 bits per heavy atom. The second-order valence-corrected chi connectivity index (χ2v) is 6.61. The number of aromatic nitrogens is 1. The number of fused-ring (bicyclic) bond motifs is 5. The Morgan fingerprint density at radius 1 is 0.893 bits per heavy atom. The summed E-state index contributed by atoms with van der Waals surface area (Å²) < 4.78 is 30.1. The molecule has 0 unspecified atom stereocenters. The molecule has 0 saturated heterocycles. The third kappa shape index (κ3) is 2.59. The Kier molecular flexibility index (Phi) is 4.59. The van der Waals surface area contributed by atoms with Gasteiger partial charge in [-0.25, -0.2) is 0 Å². The van der Waals surface area contributed by atoms with Crippen molar-refractivity contribution in [3.8, 4) is 40.0 Å². The van der Waals surface area contributed by atoms with Gasteiger partial charge in [-0.2, -0.15) is 4.57 Å². The molecule has 146 valence electrons. The molecule has 1 aromatic heterocycles. The molecule has 0 saturated carbocycles. The highest BCUT2D eigenvalue weighted by Gasteiger charge is 2.29. The average Bonchev–Trinajstić information content (AvgIpc) is 3.16. The minimum atomic E-state index is 0. The number of ether oxygens (including phenoxy) is 5. The van der Waals surface area contributed by atoms with E-state index in [2.05, 4.69) is 29.0 Å². The molecule has 0 bridgehead atoms. The van der Waals surface area contributed by atoms with Crippen molar-refractivity contribution in [3.05, 3.63) is 36.0 Å². The lowest BCUT2D eigenvalue weighted by Crippen LogP contribution is -3.00. The van der Waals surface area contributed by atoms with Gasteiger partial charge in [0.25, 0.3) is 0 Å². The molecule has 6 nitrogen and oxygen atoms in total. The van der Waals surface area contributed by atoms with Gasteiger partial charge in [0.05, 0.1) is 32.3 Å². The van der Waals surface area contributed by atoms with E-state index < -0.39 is 0 Å². The number of nitrogens with zero attached hydrogens (tertiary/aromatic N) is 1. The predicted molar refractivity (Wildman–Crippen MR) is 99.1 cm³/mol. The monoisotopic (exact) mass is 401 g/mol. The highest BCUT2D eigenvalue weighted by atomic mass is 35.5. The summed E-state index contributed by atoms with van der Waals surface area (Å²) in [6.07, 6.45) is 3.09. The summed E-state index contributed by atoms with van der Waals surface area (Å²) in [6.45, 7) is 1.18. The third-order valence-electron chi connectivity index (χ3n) is 5.28. The number of benzene rings is 2. The van der Waals surface area contributed by atoms with E-state index in [1.807, 2.05) is 6.07 Å². The number of aryl methyl sites for hydroxylation is 2. The number of halogens is 1. The van der Waals surface area contributed by atoms with Crippen LogP contribution in [0, 0.1) is 0 Å². The van der Waals surface area contributed by atoms with Crippen molar-refractivity contribution in [2.75, 3.05) is 28.1 Å². The van der Waals surface area contributed by atoms with Gasteiger partial charge in [-0.05, 0) is 23.8 Å². The number of pyridine rings is 1. The maximum Gasteiger partial charge on any atom is 0.231 e. The van der Waals surface area contributed by atoms with Crippen molar-refractivity contribution in [1.29, 1.82) is 0 Å². The summed E-state index contributed by atoms with van der Waals surface area (Å²) in [4.78, 5) is 0. The fourth-order valence-corrected chi connectivity index (χ4v) is 4.00. The smallest absolute Gasteiger partial charge is 0.231 e. The SMILES string of the molecule is COc1cc2c[n+]3c(cc2c(OC)c1OC)-c1cc2c(cc1CC3)OCO2.[Cl-]. The summed E-state index contributed by atoms with van der Waals surface area (Å²) >= 11 is 0. The summed E-state index contributed by atoms with van der Waals surface area (Å²) in [5.74, 6) is 3.54. The Labute approximate surface area is 168 Å². The van der Waals surface area contributed by atoms with Crippen LogP contribution in [-0.2, 0) is 13.0 Å². The maximum absolute atomic E-state index is 5.69. The quantitative estimate of drug-likeness (QED) is 0.583. The van der Waals surface area contributed by atoms with Crippen LogP contribution in [0.2, 0.25) is 0 Å². The van der Waals surface area contributed by atoms with Crippen LogP contribution in [0.15, 0.2) is 30.5 Å². The molecule has 0 fully saturated rings. The first-order chi connectivity index (χ1) is 13.2. The second kappa shape index (κ2) is 6.95. The van der Waals surface area contributed by atoms with Crippen molar-refractivity contribution in [2.45, 2.75) is 13.0 Å². The van der Waals surface area contributed by atoms with Gasteiger partial charge in [-0.3, -0.25) is 0 Å². The highest BCUT2D eigenvalue weighted by molar-refractivity contribution is 5.94. The van der Waals surface area contributed by atoms with Gasteiger partial charge in [0, 0.05) is 17.9 Å². The first-order valence-electron chi connectivity index (χ1n) is 8.82. The van der Waals surface area contributed by atoms with E-state index in [0.717, 1.165) is 46.5 Å². The molecule has 0 spiro atoms. The highest BCUT2D eigenvalue weighted by Crippen LogP contribution is 2.45. The summed E-state index contributed by atoms with van der Waals surface area (Å²) in [7, 11) is 4.90. The van der Waals surface area contributed by atoms with E-state index >= 15 is 0 Å². The zero-order valence-corrected chi connectivity index (χ0v) is 16.6. The molecular weight excluding hydrogens is 382 g/mol. The first-order valence-corrected chi connectivity index (χ1v) is 8.82. The van der Waals surface area contributed by atoms with Crippen LogP contribution in [0.3, 0.4) is 0 Å². The van der Waals surface area contributed by atoms with Gasteiger partial charge in [0.1, 0.15) is 0 Å². The van der Waals surface area contributed by atoms with E-state index in [4.69, 9.17) is 23.7 Å². The Hall–Kier alpha value is -2.86. The number of hydrogen-bond acceptors (Lipinski definition) is 5. The topological polar surface area (TPSA) is 50.0 Å². The first kappa shape index (κ1) is 18.5. The van der Waals surface area contributed by atoms with Gasteiger partial charge in [0.15, 0.2) is 35.7 Å². The van der Waals surface area contributed by atoms with Gasteiger partial charge < -0.3 is 36.1 Å². The van der Waals surface area contributed by atoms with E-state index in [-0.39, 0.29) is 19.2 Å². The van der Waals surface area contributed by atoms with Crippen LogP contribution < -0.4 is 40.7 Å². The van der Waals surface area contributed by atoms with Gasteiger partial charge in [0.2, 0.25) is 18.2 Å². The molecule has 0 amide bonds. The zero-order valence-electron chi connectivity index (χ0n) is 15.9. The lowest BCUT2D eigenvalue weighted by Gasteiger charge is -2.18. The number of methoxy groups -OCH3 is 3. The molecule has 2 aliphatic rings. The normalized spacial score (nSPS) is 13.4. The fourth-order valence-electron chi connectivity index (χ4n) is 4.00. The molecule has 0 aliphatic carbocycles. The van der Waals surface area contributed by atoms with E-state index in [0.29, 0.717) is 17.2 Å².